The molecular weight excluding hydrogens is 516 g/mol. The first-order valence-electron chi connectivity index (χ1n) is 15.5. The van der Waals surface area contributed by atoms with E-state index in [1.807, 2.05) is 46.3 Å². The zero-order valence-electron chi connectivity index (χ0n) is 25.7. The standard InChI is InChI=1S/C28H38N6OS.2C2H6/c1-4-19(15-16-23(5-2)36(3)35)20-11-13-21(14-12-20)24-17-29-28-25(27-31-33-32-27)18-30-34(28)26(24)22-9-7-6-8-10-22;2*1-2/h11-14,17-19,22-23,33H,4-10,15-16H2,1-3H3,(H,31,32);2*1-2H3. The molecule has 0 amide bonds. The van der Waals surface area contributed by atoms with Gasteiger partial charge in [0.15, 0.2) is 11.5 Å². The average molecular weight is 567 g/mol. The number of aromatic amines is 2. The Hall–Kier alpha value is -2.74. The quantitative estimate of drug-likeness (QED) is 0.201. The Morgan fingerprint density at radius 1 is 0.950 bits per heavy atom. The normalized spacial score (nSPS) is 16.0. The van der Waals surface area contributed by atoms with E-state index in [2.05, 4.69) is 58.0 Å². The molecule has 8 heteroatoms. The highest BCUT2D eigenvalue weighted by molar-refractivity contribution is 7.84. The van der Waals surface area contributed by atoms with Crippen LogP contribution in [0.3, 0.4) is 0 Å². The summed E-state index contributed by atoms with van der Waals surface area (Å²) in [4.78, 5) is 4.85. The van der Waals surface area contributed by atoms with Crippen LogP contribution in [-0.2, 0) is 10.8 Å². The highest BCUT2D eigenvalue weighted by Gasteiger charge is 2.25. The maximum atomic E-state index is 12.0. The summed E-state index contributed by atoms with van der Waals surface area (Å²) in [6, 6.07) is 9.09. The summed E-state index contributed by atoms with van der Waals surface area (Å²) in [7, 11) is -0.752. The lowest BCUT2D eigenvalue weighted by Gasteiger charge is -2.25. The van der Waals surface area contributed by atoms with Crippen molar-refractivity contribution in [1.82, 2.24) is 30.0 Å². The Morgan fingerprint density at radius 2 is 1.62 bits per heavy atom. The number of benzene rings is 1. The number of aromatic nitrogens is 6. The fourth-order valence-corrected chi connectivity index (χ4v) is 6.82. The third kappa shape index (κ3) is 7.12. The number of hydrogen-bond donors (Lipinski definition) is 2. The van der Waals surface area contributed by atoms with Crippen molar-refractivity contribution in [2.45, 2.75) is 116 Å². The predicted molar refractivity (Wildman–Crippen MR) is 169 cm³/mol. The first-order chi connectivity index (χ1) is 19.6. The lowest BCUT2D eigenvalue weighted by molar-refractivity contribution is 0.431. The first kappa shape index (κ1) is 31.8. The molecule has 40 heavy (non-hydrogen) atoms. The van der Waals surface area contributed by atoms with E-state index in [-0.39, 0.29) is 0 Å². The fraction of sp³-hybridized carbons (Fsp3) is 0.594. The van der Waals surface area contributed by atoms with E-state index in [0.29, 0.717) is 17.1 Å². The summed E-state index contributed by atoms with van der Waals surface area (Å²) in [5, 5.41) is 15.0. The molecule has 1 aliphatic rings. The van der Waals surface area contributed by atoms with Gasteiger partial charge in [-0.3, -0.25) is 9.31 Å². The van der Waals surface area contributed by atoms with Crippen LogP contribution >= 0.6 is 0 Å². The average Bonchev–Trinajstić information content (AvgIpc) is 3.40. The van der Waals surface area contributed by atoms with Gasteiger partial charge in [0, 0.05) is 40.0 Å². The zero-order valence-corrected chi connectivity index (χ0v) is 26.5. The molecule has 4 aromatic rings. The number of fused-ring (bicyclic) bond motifs is 1. The molecule has 0 bridgehead atoms. The van der Waals surface area contributed by atoms with E-state index in [0.717, 1.165) is 42.7 Å². The van der Waals surface area contributed by atoms with E-state index in [1.54, 1.807) is 0 Å². The summed E-state index contributed by atoms with van der Waals surface area (Å²) < 4.78 is 14.1. The van der Waals surface area contributed by atoms with Gasteiger partial charge in [0.05, 0.1) is 17.5 Å². The second kappa shape index (κ2) is 15.9. The summed E-state index contributed by atoms with van der Waals surface area (Å²) in [6.07, 6.45) is 16.1. The van der Waals surface area contributed by atoms with Gasteiger partial charge in [-0.25, -0.2) is 14.7 Å². The SMILES string of the molecule is CC.CC.CCC(CCC(CC)S(C)=O)c1ccc(-c2cnc3c(-c4n[nH][nH]4)cnn3c2C2CCCCC2)cc1. The van der Waals surface area contributed by atoms with E-state index in [4.69, 9.17) is 10.1 Å². The highest BCUT2D eigenvalue weighted by atomic mass is 32.2. The van der Waals surface area contributed by atoms with E-state index in [9.17, 15) is 4.21 Å². The van der Waals surface area contributed by atoms with Crippen LogP contribution in [0, 0.1) is 0 Å². The van der Waals surface area contributed by atoms with Crippen LogP contribution in [0.25, 0.3) is 28.2 Å². The second-order valence-electron chi connectivity index (χ2n) is 10.2. The van der Waals surface area contributed by atoms with Crippen LogP contribution in [-0.4, -0.2) is 45.7 Å². The second-order valence-corrected chi connectivity index (χ2v) is 11.9. The van der Waals surface area contributed by atoms with Gasteiger partial charge in [-0.1, -0.05) is 85.1 Å². The largest absolute Gasteiger partial charge is 0.266 e. The Morgan fingerprint density at radius 3 is 2.17 bits per heavy atom. The fourth-order valence-electron chi connectivity index (χ4n) is 5.88. The number of rotatable bonds is 10. The van der Waals surface area contributed by atoms with E-state index >= 15 is 0 Å². The molecule has 0 aliphatic heterocycles. The van der Waals surface area contributed by atoms with Crippen LogP contribution in [0.1, 0.15) is 122 Å². The highest BCUT2D eigenvalue weighted by Crippen LogP contribution is 2.39. The van der Waals surface area contributed by atoms with Crippen molar-refractivity contribution in [3.8, 4) is 22.5 Å². The lowest BCUT2D eigenvalue weighted by atomic mass is 9.83. The molecule has 0 saturated heterocycles. The van der Waals surface area contributed by atoms with E-state index in [1.165, 1.54) is 54.5 Å². The molecule has 0 radical (unpaired) electrons. The van der Waals surface area contributed by atoms with E-state index < -0.39 is 10.8 Å². The van der Waals surface area contributed by atoms with Gasteiger partial charge in [0.25, 0.3) is 0 Å². The Kier molecular flexibility index (Phi) is 12.6. The molecule has 1 fully saturated rings. The minimum absolute atomic E-state index is 0.296. The minimum Gasteiger partial charge on any atom is -0.266 e. The monoisotopic (exact) mass is 566 g/mol. The molecule has 7 nitrogen and oxygen atoms in total. The number of H-pyrrole nitrogens is 2. The molecule has 3 heterocycles. The summed E-state index contributed by atoms with van der Waals surface area (Å²) in [6.45, 7) is 12.4. The third-order valence-electron chi connectivity index (χ3n) is 8.10. The minimum atomic E-state index is -0.752. The maximum absolute atomic E-state index is 12.0. The molecule has 0 spiro atoms. The number of nitrogens with one attached hydrogen (secondary N) is 2. The summed E-state index contributed by atoms with van der Waals surface area (Å²) >= 11 is 0. The lowest BCUT2D eigenvalue weighted by Crippen LogP contribution is -2.14. The van der Waals surface area contributed by atoms with Gasteiger partial charge in [-0.2, -0.15) is 5.10 Å². The van der Waals surface area contributed by atoms with Crippen LogP contribution in [0.2, 0.25) is 0 Å². The first-order valence-corrected chi connectivity index (χ1v) is 17.1. The summed E-state index contributed by atoms with van der Waals surface area (Å²) in [5.41, 5.74) is 6.80. The Labute approximate surface area is 243 Å². The molecule has 1 saturated carbocycles. The van der Waals surface area contributed by atoms with Gasteiger partial charge < -0.3 is 0 Å². The van der Waals surface area contributed by atoms with Crippen molar-refractivity contribution < 1.29 is 4.21 Å². The molecule has 220 valence electrons. The molecular formula is C32H50N6OS. The molecule has 3 aromatic heterocycles. The van der Waals surface area contributed by atoms with Crippen molar-refractivity contribution in [1.29, 1.82) is 0 Å². The smallest absolute Gasteiger partial charge is 0.180 e. The predicted octanol–water partition coefficient (Wildman–Crippen LogP) is 8.65. The van der Waals surface area contributed by atoms with Crippen LogP contribution < -0.4 is 0 Å². The molecule has 1 aliphatic carbocycles. The third-order valence-corrected chi connectivity index (χ3v) is 9.61. The molecule has 1 aromatic carbocycles. The van der Waals surface area contributed by atoms with Gasteiger partial charge in [-0.15, -0.1) is 5.10 Å². The maximum Gasteiger partial charge on any atom is 0.180 e. The molecule has 3 atom stereocenters. The van der Waals surface area contributed by atoms with Gasteiger partial charge in [0.2, 0.25) is 0 Å². The van der Waals surface area contributed by atoms with Crippen LogP contribution in [0.15, 0.2) is 36.7 Å². The Balaban J connectivity index is 0.00000106. The van der Waals surface area contributed by atoms with Crippen molar-refractivity contribution in [2.24, 2.45) is 0 Å². The van der Waals surface area contributed by atoms with Gasteiger partial charge in [-0.05, 0) is 55.6 Å². The van der Waals surface area contributed by atoms with Crippen LogP contribution in [0.5, 0.6) is 0 Å². The van der Waals surface area contributed by atoms with Gasteiger partial charge >= 0.3 is 0 Å². The van der Waals surface area contributed by atoms with Crippen molar-refractivity contribution in [3.63, 3.8) is 0 Å². The van der Waals surface area contributed by atoms with Gasteiger partial charge in [0.1, 0.15) is 0 Å². The topological polar surface area (TPSA) is 91.7 Å². The molecule has 2 N–H and O–H groups in total. The Bertz CT molecular complexity index is 1290. The van der Waals surface area contributed by atoms with Crippen molar-refractivity contribution in [2.75, 3.05) is 6.26 Å². The number of nitrogens with zero attached hydrogens (tertiary/aromatic N) is 4. The molecule has 5 rings (SSSR count). The number of hydrogen-bond acceptors (Lipinski definition) is 4. The molecule has 3 unspecified atom stereocenters. The summed E-state index contributed by atoms with van der Waals surface area (Å²) in [5.74, 6) is 1.76. The van der Waals surface area contributed by atoms with Crippen molar-refractivity contribution >= 4 is 16.4 Å². The zero-order chi connectivity index (χ0) is 29.1. The van der Waals surface area contributed by atoms with Crippen molar-refractivity contribution in [3.05, 3.63) is 47.9 Å². The van der Waals surface area contributed by atoms with Crippen LogP contribution in [0.4, 0.5) is 0 Å².